The van der Waals surface area contributed by atoms with Crippen LogP contribution in [0.3, 0.4) is 0 Å². The van der Waals surface area contributed by atoms with Gasteiger partial charge in [0.05, 0.1) is 19.9 Å². The zero-order valence-electron chi connectivity index (χ0n) is 17.4. The Kier molecular flexibility index (Phi) is 5.40. The summed E-state index contributed by atoms with van der Waals surface area (Å²) in [5, 5.41) is 4.26. The molecule has 0 fully saturated rings. The zero-order chi connectivity index (χ0) is 22.0. The fraction of sp³-hybridized carbons (Fsp3) is 0.182. The fourth-order valence-corrected chi connectivity index (χ4v) is 3.20. The first-order valence-corrected chi connectivity index (χ1v) is 9.64. The Bertz CT molecular complexity index is 1360. The highest BCUT2D eigenvalue weighted by atomic mass is 16.5. The van der Waals surface area contributed by atoms with Crippen molar-refractivity contribution in [2.24, 2.45) is 12.1 Å². The standard InChI is InChI=1S/C22H22N6O3/c1-14-4-6-16(7-5-14)13-28-18-19(27(2)22(30)25-20(18)29)24-21(28)26-23-12-15-8-10-17(31-3)11-9-15/h4-12H,13H2,1-3H3,(H,24,26)(H,25,29,30). The van der Waals surface area contributed by atoms with Crippen molar-refractivity contribution in [2.75, 3.05) is 12.5 Å². The Morgan fingerprint density at radius 1 is 1.13 bits per heavy atom. The summed E-state index contributed by atoms with van der Waals surface area (Å²) in [5.74, 6) is 1.11. The fourth-order valence-electron chi connectivity index (χ4n) is 3.20. The maximum absolute atomic E-state index is 12.6. The molecule has 2 N–H and O–H groups in total. The van der Waals surface area contributed by atoms with E-state index >= 15 is 0 Å². The molecule has 0 bridgehead atoms. The van der Waals surface area contributed by atoms with Gasteiger partial charge < -0.3 is 4.74 Å². The van der Waals surface area contributed by atoms with Gasteiger partial charge in [-0.2, -0.15) is 10.1 Å². The highest BCUT2D eigenvalue weighted by molar-refractivity contribution is 5.80. The van der Waals surface area contributed by atoms with Crippen LogP contribution in [0, 0.1) is 6.92 Å². The third kappa shape index (κ3) is 4.11. The number of H-pyrrole nitrogens is 1. The lowest BCUT2D eigenvalue weighted by Crippen LogP contribution is -2.29. The maximum Gasteiger partial charge on any atom is 0.329 e. The summed E-state index contributed by atoms with van der Waals surface area (Å²) in [6.07, 6.45) is 1.64. The molecule has 9 nitrogen and oxygen atoms in total. The number of hydrazone groups is 1. The molecule has 2 aromatic heterocycles. The van der Waals surface area contributed by atoms with Crippen LogP contribution in [0.2, 0.25) is 0 Å². The molecule has 0 aliphatic heterocycles. The van der Waals surface area contributed by atoms with E-state index in [0.717, 1.165) is 22.4 Å². The lowest BCUT2D eigenvalue weighted by Gasteiger charge is -2.08. The average molecular weight is 418 g/mol. The van der Waals surface area contributed by atoms with Crippen molar-refractivity contribution in [3.05, 3.63) is 86.1 Å². The number of benzene rings is 2. The molecule has 0 unspecified atom stereocenters. The maximum atomic E-state index is 12.6. The normalized spacial score (nSPS) is 11.3. The first-order chi connectivity index (χ1) is 15.0. The highest BCUT2D eigenvalue weighted by Crippen LogP contribution is 2.18. The Morgan fingerprint density at radius 2 is 1.84 bits per heavy atom. The van der Waals surface area contributed by atoms with Crippen molar-refractivity contribution in [3.63, 3.8) is 0 Å². The summed E-state index contributed by atoms with van der Waals surface area (Å²) in [6, 6.07) is 15.4. The van der Waals surface area contributed by atoms with Crippen molar-refractivity contribution < 1.29 is 4.74 Å². The number of rotatable bonds is 6. The molecule has 0 amide bonds. The summed E-state index contributed by atoms with van der Waals surface area (Å²) >= 11 is 0. The van der Waals surface area contributed by atoms with Gasteiger partial charge in [-0.1, -0.05) is 29.8 Å². The Hall–Kier alpha value is -4.14. The molecule has 0 aliphatic rings. The number of anilines is 1. The van der Waals surface area contributed by atoms with Gasteiger partial charge in [0.15, 0.2) is 11.2 Å². The van der Waals surface area contributed by atoms with Crippen LogP contribution < -0.4 is 21.4 Å². The van der Waals surface area contributed by atoms with Gasteiger partial charge >= 0.3 is 5.69 Å². The van der Waals surface area contributed by atoms with Gasteiger partial charge in [-0.25, -0.2) is 10.2 Å². The van der Waals surface area contributed by atoms with Gasteiger partial charge in [0, 0.05) is 7.05 Å². The third-order valence-electron chi connectivity index (χ3n) is 4.96. The van der Waals surface area contributed by atoms with Crippen LogP contribution in [0.1, 0.15) is 16.7 Å². The van der Waals surface area contributed by atoms with Crippen LogP contribution in [-0.2, 0) is 13.6 Å². The number of nitrogens with zero attached hydrogens (tertiary/aromatic N) is 4. The molecule has 4 aromatic rings. The van der Waals surface area contributed by atoms with Crippen molar-refractivity contribution in [3.8, 4) is 5.75 Å². The van der Waals surface area contributed by atoms with Crippen molar-refractivity contribution >= 4 is 23.3 Å². The minimum Gasteiger partial charge on any atom is -0.497 e. The van der Waals surface area contributed by atoms with Crippen molar-refractivity contribution in [1.29, 1.82) is 0 Å². The number of aromatic nitrogens is 4. The second kappa shape index (κ2) is 8.31. The predicted molar refractivity (Wildman–Crippen MR) is 120 cm³/mol. The van der Waals surface area contributed by atoms with Crippen molar-refractivity contribution in [1.82, 2.24) is 19.1 Å². The van der Waals surface area contributed by atoms with Crippen LogP contribution in [0.4, 0.5) is 5.95 Å². The lowest BCUT2D eigenvalue weighted by atomic mass is 10.1. The van der Waals surface area contributed by atoms with E-state index in [-0.39, 0.29) is 5.65 Å². The summed E-state index contributed by atoms with van der Waals surface area (Å²) in [4.78, 5) is 31.4. The van der Waals surface area contributed by atoms with Gasteiger partial charge in [0.25, 0.3) is 5.56 Å². The second-order valence-electron chi connectivity index (χ2n) is 7.14. The first kappa shape index (κ1) is 20.1. The third-order valence-corrected chi connectivity index (χ3v) is 4.96. The van der Waals surface area contributed by atoms with Crippen LogP contribution >= 0.6 is 0 Å². The molecule has 0 spiro atoms. The van der Waals surface area contributed by atoms with E-state index in [9.17, 15) is 9.59 Å². The van der Waals surface area contributed by atoms with Crippen molar-refractivity contribution in [2.45, 2.75) is 13.5 Å². The molecule has 0 saturated heterocycles. The number of ether oxygens (including phenoxy) is 1. The number of nitrogens with one attached hydrogen (secondary N) is 2. The summed E-state index contributed by atoms with van der Waals surface area (Å²) in [7, 11) is 3.17. The van der Waals surface area contributed by atoms with Gasteiger partial charge in [-0.15, -0.1) is 0 Å². The van der Waals surface area contributed by atoms with Gasteiger partial charge in [0.2, 0.25) is 5.95 Å². The van der Waals surface area contributed by atoms with Crippen LogP contribution in [-0.4, -0.2) is 32.4 Å². The Morgan fingerprint density at radius 3 is 2.52 bits per heavy atom. The number of methoxy groups -OCH3 is 1. The SMILES string of the molecule is COc1ccc(C=NNc2nc3c(c(=O)[nH]c(=O)n3C)n2Cc2ccc(C)cc2)cc1. The molecule has 158 valence electrons. The number of fused-ring (bicyclic) bond motifs is 1. The van der Waals surface area contributed by atoms with E-state index in [0.29, 0.717) is 18.0 Å². The average Bonchev–Trinajstić information content (AvgIpc) is 3.13. The molecular weight excluding hydrogens is 396 g/mol. The summed E-state index contributed by atoms with van der Waals surface area (Å²) < 4.78 is 8.17. The number of aryl methyl sites for hydroxylation is 2. The van der Waals surface area contributed by atoms with E-state index in [1.54, 1.807) is 24.9 Å². The molecule has 0 saturated carbocycles. The van der Waals surface area contributed by atoms with Gasteiger partial charge in [-0.3, -0.25) is 18.9 Å². The van der Waals surface area contributed by atoms with E-state index in [2.05, 4.69) is 20.5 Å². The van der Waals surface area contributed by atoms with Crippen LogP contribution in [0.15, 0.2) is 63.2 Å². The Balaban J connectivity index is 1.73. The number of aromatic amines is 1. The van der Waals surface area contributed by atoms with Gasteiger partial charge in [0.1, 0.15) is 5.75 Å². The molecule has 0 aliphatic carbocycles. The minimum atomic E-state index is -0.522. The molecule has 0 radical (unpaired) electrons. The Labute approximate surface area is 177 Å². The summed E-state index contributed by atoms with van der Waals surface area (Å²) in [5.41, 5.74) is 5.45. The lowest BCUT2D eigenvalue weighted by molar-refractivity contribution is 0.415. The number of imidazole rings is 1. The molecule has 31 heavy (non-hydrogen) atoms. The molecule has 2 aromatic carbocycles. The number of hydrogen-bond donors (Lipinski definition) is 2. The molecule has 4 rings (SSSR count). The highest BCUT2D eigenvalue weighted by Gasteiger charge is 2.17. The monoisotopic (exact) mass is 418 g/mol. The second-order valence-corrected chi connectivity index (χ2v) is 7.14. The van der Waals surface area contributed by atoms with E-state index in [1.807, 2.05) is 55.5 Å². The molecule has 0 atom stereocenters. The molecular formula is C22H22N6O3. The van der Waals surface area contributed by atoms with E-state index in [1.165, 1.54) is 4.57 Å². The van der Waals surface area contributed by atoms with Crippen LogP contribution in [0.25, 0.3) is 11.2 Å². The summed E-state index contributed by atoms with van der Waals surface area (Å²) in [6.45, 7) is 2.40. The predicted octanol–water partition coefficient (Wildman–Crippen LogP) is 2.23. The smallest absolute Gasteiger partial charge is 0.329 e. The van der Waals surface area contributed by atoms with Gasteiger partial charge in [-0.05, 0) is 42.3 Å². The molecule has 9 heteroatoms. The molecule has 2 heterocycles. The first-order valence-electron chi connectivity index (χ1n) is 9.64. The number of hydrogen-bond acceptors (Lipinski definition) is 6. The van der Waals surface area contributed by atoms with E-state index in [4.69, 9.17) is 4.74 Å². The van der Waals surface area contributed by atoms with Crippen LogP contribution in [0.5, 0.6) is 5.75 Å². The minimum absolute atomic E-state index is 0.281. The largest absolute Gasteiger partial charge is 0.497 e. The quantitative estimate of drug-likeness (QED) is 0.369. The van der Waals surface area contributed by atoms with E-state index < -0.39 is 11.2 Å². The topological polar surface area (TPSA) is 106 Å². The zero-order valence-corrected chi connectivity index (χ0v) is 17.4.